The van der Waals surface area contributed by atoms with Gasteiger partial charge in [0.15, 0.2) is 0 Å². The van der Waals surface area contributed by atoms with Gasteiger partial charge in [-0.15, -0.1) is 0 Å². The molecule has 1 aliphatic carbocycles. The predicted molar refractivity (Wildman–Crippen MR) is 66.3 cm³/mol. The number of piperidine rings is 1. The maximum atomic E-state index is 9.11. The van der Waals surface area contributed by atoms with E-state index in [1.165, 1.54) is 51.6 Å². The van der Waals surface area contributed by atoms with Crippen molar-refractivity contribution >= 4 is 0 Å². The molecule has 0 amide bonds. The smallest absolute Gasteiger partial charge is 0.0445 e. The molecule has 1 saturated heterocycles. The number of nitrogens with zero attached hydrogens (tertiary/aromatic N) is 1. The van der Waals surface area contributed by atoms with Gasteiger partial charge in [-0.3, -0.25) is 4.90 Å². The van der Waals surface area contributed by atoms with Crippen molar-refractivity contribution in [1.29, 1.82) is 0 Å². The minimum atomic E-state index is 0.338. The van der Waals surface area contributed by atoms with Gasteiger partial charge in [0.1, 0.15) is 0 Å². The molecular formula is C13H26N2O. The van der Waals surface area contributed by atoms with E-state index >= 15 is 0 Å². The topological polar surface area (TPSA) is 49.5 Å². The number of hydrogen-bond donors (Lipinski definition) is 2. The fourth-order valence-electron chi connectivity index (χ4n) is 3.15. The van der Waals surface area contributed by atoms with Gasteiger partial charge in [-0.05, 0) is 57.0 Å². The summed E-state index contributed by atoms with van der Waals surface area (Å²) in [6.07, 6.45) is 8.83. The number of hydrogen-bond acceptors (Lipinski definition) is 3. The summed E-state index contributed by atoms with van der Waals surface area (Å²) in [5.41, 5.74) is 6.25. The van der Waals surface area contributed by atoms with Crippen LogP contribution in [0.3, 0.4) is 0 Å². The van der Waals surface area contributed by atoms with Crippen molar-refractivity contribution in [3.8, 4) is 0 Å². The van der Waals surface area contributed by atoms with Gasteiger partial charge in [0, 0.05) is 19.2 Å². The van der Waals surface area contributed by atoms with E-state index in [0.29, 0.717) is 18.1 Å². The van der Waals surface area contributed by atoms with E-state index in [1.807, 2.05) is 0 Å². The molecule has 1 aliphatic heterocycles. The van der Waals surface area contributed by atoms with Crippen molar-refractivity contribution < 1.29 is 5.11 Å². The molecule has 0 aromatic carbocycles. The Hall–Kier alpha value is -0.120. The van der Waals surface area contributed by atoms with Crippen LogP contribution >= 0.6 is 0 Å². The molecule has 3 nitrogen and oxygen atoms in total. The van der Waals surface area contributed by atoms with Crippen LogP contribution in [0.4, 0.5) is 0 Å². The first-order valence-electron chi connectivity index (χ1n) is 6.85. The van der Waals surface area contributed by atoms with Gasteiger partial charge < -0.3 is 10.8 Å². The van der Waals surface area contributed by atoms with Crippen LogP contribution < -0.4 is 5.73 Å². The summed E-state index contributed by atoms with van der Waals surface area (Å²) in [5.74, 6) is 0. The predicted octanol–water partition coefficient (Wildman–Crippen LogP) is 1.35. The zero-order valence-electron chi connectivity index (χ0n) is 10.3. The quantitative estimate of drug-likeness (QED) is 0.719. The third kappa shape index (κ3) is 2.96. The fourth-order valence-corrected chi connectivity index (χ4v) is 3.15. The molecule has 0 spiro atoms. The van der Waals surface area contributed by atoms with Gasteiger partial charge in [-0.2, -0.15) is 0 Å². The molecule has 3 N–H and O–H groups in total. The van der Waals surface area contributed by atoms with Crippen LogP contribution in [0.1, 0.15) is 44.9 Å². The van der Waals surface area contributed by atoms with Crippen LogP contribution in [0.15, 0.2) is 0 Å². The Morgan fingerprint density at radius 2 is 2.12 bits per heavy atom. The normalized spacial score (nSPS) is 29.2. The van der Waals surface area contributed by atoms with E-state index in [9.17, 15) is 0 Å². The molecule has 1 saturated carbocycles. The Bertz CT molecular complexity index is 214. The minimum absolute atomic E-state index is 0.338. The first-order chi connectivity index (χ1) is 7.79. The van der Waals surface area contributed by atoms with E-state index in [-0.39, 0.29) is 0 Å². The lowest BCUT2D eigenvalue weighted by Gasteiger charge is -2.38. The second kappa shape index (κ2) is 5.48. The summed E-state index contributed by atoms with van der Waals surface area (Å²) in [4.78, 5) is 2.63. The molecule has 1 heterocycles. The van der Waals surface area contributed by atoms with Gasteiger partial charge in [-0.1, -0.05) is 6.42 Å². The highest BCUT2D eigenvalue weighted by atomic mass is 16.3. The summed E-state index contributed by atoms with van der Waals surface area (Å²) < 4.78 is 0. The van der Waals surface area contributed by atoms with E-state index in [0.717, 1.165) is 13.0 Å². The Morgan fingerprint density at radius 1 is 1.31 bits per heavy atom. The molecule has 1 atom stereocenters. The summed E-state index contributed by atoms with van der Waals surface area (Å²) in [7, 11) is 0. The largest absolute Gasteiger partial charge is 0.396 e. The Labute approximate surface area is 99.0 Å². The van der Waals surface area contributed by atoms with Crippen molar-refractivity contribution in [2.75, 3.05) is 26.2 Å². The SMILES string of the molecule is NCCC1(CN2CCCCC2CCO)CC1. The maximum Gasteiger partial charge on any atom is 0.0445 e. The van der Waals surface area contributed by atoms with Crippen LogP contribution in [0.25, 0.3) is 0 Å². The second-order valence-electron chi connectivity index (χ2n) is 5.67. The highest BCUT2D eigenvalue weighted by Crippen LogP contribution is 2.49. The Morgan fingerprint density at radius 3 is 2.75 bits per heavy atom. The maximum absolute atomic E-state index is 9.11. The van der Waals surface area contributed by atoms with Gasteiger partial charge >= 0.3 is 0 Å². The average Bonchev–Trinajstić information content (AvgIpc) is 3.02. The van der Waals surface area contributed by atoms with Crippen LogP contribution in [0.2, 0.25) is 0 Å². The standard InChI is InChI=1S/C13H26N2O/c14-8-7-13(5-6-13)11-15-9-2-1-3-12(15)4-10-16/h12,16H,1-11,14H2. The average molecular weight is 226 g/mol. The van der Waals surface area contributed by atoms with Crippen LogP contribution in [-0.2, 0) is 0 Å². The molecule has 1 unspecified atom stereocenters. The number of aliphatic hydroxyl groups is 1. The highest BCUT2D eigenvalue weighted by molar-refractivity contribution is 4.97. The van der Waals surface area contributed by atoms with Crippen molar-refractivity contribution in [2.45, 2.75) is 51.0 Å². The van der Waals surface area contributed by atoms with E-state index < -0.39 is 0 Å². The summed E-state index contributed by atoms with van der Waals surface area (Å²) in [6.45, 7) is 3.63. The van der Waals surface area contributed by atoms with Gasteiger partial charge in [-0.25, -0.2) is 0 Å². The van der Waals surface area contributed by atoms with E-state index in [4.69, 9.17) is 10.8 Å². The van der Waals surface area contributed by atoms with Crippen molar-refractivity contribution in [3.05, 3.63) is 0 Å². The van der Waals surface area contributed by atoms with E-state index in [2.05, 4.69) is 4.90 Å². The zero-order valence-corrected chi connectivity index (χ0v) is 10.3. The summed E-state index contributed by atoms with van der Waals surface area (Å²) in [5, 5.41) is 9.11. The lowest BCUT2D eigenvalue weighted by molar-refractivity contribution is 0.0945. The molecule has 16 heavy (non-hydrogen) atoms. The Balaban J connectivity index is 1.85. The molecule has 0 radical (unpaired) electrons. The molecule has 0 aromatic heterocycles. The third-order valence-electron chi connectivity index (χ3n) is 4.38. The number of aliphatic hydroxyl groups excluding tert-OH is 1. The molecule has 2 rings (SSSR count). The number of likely N-dealkylation sites (tertiary alicyclic amines) is 1. The summed E-state index contributed by atoms with van der Waals surface area (Å²) >= 11 is 0. The fraction of sp³-hybridized carbons (Fsp3) is 1.00. The molecular weight excluding hydrogens is 200 g/mol. The third-order valence-corrected chi connectivity index (χ3v) is 4.38. The molecule has 3 heteroatoms. The summed E-state index contributed by atoms with van der Waals surface area (Å²) in [6, 6.07) is 0.633. The molecule has 0 bridgehead atoms. The van der Waals surface area contributed by atoms with Gasteiger partial charge in [0.05, 0.1) is 0 Å². The van der Waals surface area contributed by atoms with Crippen LogP contribution in [0, 0.1) is 5.41 Å². The molecule has 2 fully saturated rings. The lowest BCUT2D eigenvalue weighted by Crippen LogP contribution is -2.43. The van der Waals surface area contributed by atoms with Gasteiger partial charge in [0.25, 0.3) is 0 Å². The van der Waals surface area contributed by atoms with Crippen molar-refractivity contribution in [2.24, 2.45) is 11.1 Å². The zero-order chi connectivity index (χ0) is 11.4. The van der Waals surface area contributed by atoms with Gasteiger partial charge in [0.2, 0.25) is 0 Å². The number of rotatable bonds is 6. The minimum Gasteiger partial charge on any atom is -0.396 e. The number of nitrogens with two attached hydrogens (primary N) is 1. The Kier molecular flexibility index (Phi) is 4.22. The first kappa shape index (κ1) is 12.3. The van der Waals surface area contributed by atoms with Crippen molar-refractivity contribution in [3.63, 3.8) is 0 Å². The second-order valence-corrected chi connectivity index (χ2v) is 5.67. The molecule has 94 valence electrons. The molecule has 2 aliphatic rings. The molecule has 0 aromatic rings. The lowest BCUT2D eigenvalue weighted by atomic mass is 9.95. The van der Waals surface area contributed by atoms with Crippen LogP contribution in [-0.4, -0.2) is 42.3 Å². The first-order valence-corrected chi connectivity index (χ1v) is 6.85. The van der Waals surface area contributed by atoms with E-state index in [1.54, 1.807) is 0 Å². The highest BCUT2D eigenvalue weighted by Gasteiger charge is 2.43. The van der Waals surface area contributed by atoms with Crippen molar-refractivity contribution in [1.82, 2.24) is 4.90 Å². The monoisotopic (exact) mass is 226 g/mol. The van der Waals surface area contributed by atoms with Crippen LogP contribution in [0.5, 0.6) is 0 Å².